The summed E-state index contributed by atoms with van der Waals surface area (Å²) in [4.78, 5) is 15.3. The molecule has 114 valence electrons. The van der Waals surface area contributed by atoms with Crippen LogP contribution < -0.4 is 0 Å². The number of ether oxygens (including phenoxy) is 3. The number of aliphatic imine (C=N–C) groups is 1. The van der Waals surface area contributed by atoms with Crippen molar-refractivity contribution >= 4 is 12.0 Å². The van der Waals surface area contributed by atoms with Gasteiger partial charge in [0.15, 0.2) is 0 Å². The summed E-state index contributed by atoms with van der Waals surface area (Å²) in [5.74, 6) is 0.169. The summed E-state index contributed by atoms with van der Waals surface area (Å²) >= 11 is 0. The fraction of sp³-hybridized carbons (Fsp3) is 0.467. The second-order valence-corrected chi connectivity index (χ2v) is 5.60. The fourth-order valence-electron chi connectivity index (χ4n) is 1.85. The van der Waals surface area contributed by atoms with Crippen LogP contribution in [0.25, 0.3) is 0 Å². The Balaban J connectivity index is 2.05. The number of carbonyl (C=O) groups excluding carboxylic acids is 1. The lowest BCUT2D eigenvalue weighted by Gasteiger charge is -2.17. The molecule has 1 heterocycles. The molecule has 1 fully saturated rings. The van der Waals surface area contributed by atoms with Gasteiger partial charge in [0.1, 0.15) is 12.2 Å². The lowest BCUT2D eigenvalue weighted by Crippen LogP contribution is -2.22. The summed E-state index contributed by atoms with van der Waals surface area (Å²) < 4.78 is 16.0. The topological polar surface area (TPSA) is 77.4 Å². The van der Waals surface area contributed by atoms with E-state index in [0.717, 1.165) is 5.56 Å². The van der Waals surface area contributed by atoms with E-state index in [1.165, 1.54) is 0 Å². The standard InChI is InChI=1S/C15H19NO5/c1-15(2,3)21-14(18)16-12-9-19-13(20-12)11-7-5-4-6-10(11)8-17/h4-7,13,17H,8-9H2,1-3H3. The van der Waals surface area contributed by atoms with Gasteiger partial charge in [-0.2, -0.15) is 0 Å². The molecule has 21 heavy (non-hydrogen) atoms. The Bertz CT molecular complexity index is 547. The number of nitrogens with zero attached hydrogens (tertiary/aromatic N) is 1. The molecule has 1 saturated heterocycles. The summed E-state index contributed by atoms with van der Waals surface area (Å²) in [6, 6.07) is 7.22. The van der Waals surface area contributed by atoms with Crippen molar-refractivity contribution in [2.45, 2.75) is 39.3 Å². The maximum Gasteiger partial charge on any atom is 0.437 e. The highest BCUT2D eigenvalue weighted by molar-refractivity contribution is 5.89. The first-order valence-corrected chi connectivity index (χ1v) is 6.66. The maximum atomic E-state index is 11.6. The molecule has 1 amide bonds. The number of aliphatic hydroxyl groups excluding tert-OH is 1. The van der Waals surface area contributed by atoms with Crippen molar-refractivity contribution in [1.82, 2.24) is 0 Å². The van der Waals surface area contributed by atoms with Gasteiger partial charge >= 0.3 is 6.09 Å². The van der Waals surface area contributed by atoms with Crippen molar-refractivity contribution in [3.63, 3.8) is 0 Å². The first-order valence-electron chi connectivity index (χ1n) is 6.66. The minimum absolute atomic E-state index is 0.0870. The smallest absolute Gasteiger partial charge is 0.437 e. The van der Waals surface area contributed by atoms with Crippen LogP contribution in [0.15, 0.2) is 29.3 Å². The zero-order valence-electron chi connectivity index (χ0n) is 12.3. The Hall–Kier alpha value is -1.92. The Morgan fingerprint density at radius 1 is 1.43 bits per heavy atom. The number of aliphatic hydroxyl groups is 1. The number of benzene rings is 1. The molecule has 1 N–H and O–H groups in total. The third-order valence-corrected chi connectivity index (χ3v) is 2.69. The van der Waals surface area contributed by atoms with Gasteiger partial charge in [-0.3, -0.25) is 0 Å². The molecule has 1 aliphatic heterocycles. The number of carbonyl (C=O) groups is 1. The fourth-order valence-corrected chi connectivity index (χ4v) is 1.85. The highest BCUT2D eigenvalue weighted by Gasteiger charge is 2.27. The molecule has 0 saturated carbocycles. The van der Waals surface area contributed by atoms with Crippen LogP contribution in [0.3, 0.4) is 0 Å². The normalized spacial score (nSPS) is 20.4. The predicted molar refractivity (Wildman–Crippen MR) is 75.8 cm³/mol. The molecule has 1 atom stereocenters. The zero-order valence-corrected chi connectivity index (χ0v) is 12.3. The molecular weight excluding hydrogens is 274 g/mol. The third kappa shape index (κ3) is 4.27. The van der Waals surface area contributed by atoms with E-state index in [0.29, 0.717) is 5.56 Å². The van der Waals surface area contributed by atoms with E-state index in [-0.39, 0.29) is 19.1 Å². The molecule has 0 bridgehead atoms. The van der Waals surface area contributed by atoms with Gasteiger partial charge in [-0.25, -0.2) is 4.79 Å². The number of amides is 1. The summed E-state index contributed by atoms with van der Waals surface area (Å²) in [5.41, 5.74) is 0.819. The highest BCUT2D eigenvalue weighted by atomic mass is 16.7. The van der Waals surface area contributed by atoms with E-state index < -0.39 is 18.0 Å². The largest absolute Gasteiger partial charge is 0.445 e. The highest BCUT2D eigenvalue weighted by Crippen LogP contribution is 2.27. The van der Waals surface area contributed by atoms with Crippen LogP contribution in [0.4, 0.5) is 4.79 Å². The Kier molecular flexibility index (Phi) is 4.59. The quantitative estimate of drug-likeness (QED) is 0.906. The average Bonchev–Trinajstić information content (AvgIpc) is 2.84. The van der Waals surface area contributed by atoms with Crippen molar-refractivity contribution in [2.24, 2.45) is 4.99 Å². The van der Waals surface area contributed by atoms with E-state index in [1.54, 1.807) is 32.9 Å². The first kappa shape index (κ1) is 15.5. The molecule has 0 spiro atoms. The van der Waals surface area contributed by atoms with Crippen LogP contribution in [-0.4, -0.2) is 29.3 Å². The van der Waals surface area contributed by atoms with Gasteiger partial charge in [-0.1, -0.05) is 24.3 Å². The van der Waals surface area contributed by atoms with Crippen molar-refractivity contribution in [3.8, 4) is 0 Å². The van der Waals surface area contributed by atoms with Gasteiger partial charge in [0.25, 0.3) is 0 Å². The molecule has 1 aliphatic rings. The first-order chi connectivity index (χ1) is 9.89. The number of rotatable bonds is 2. The second kappa shape index (κ2) is 6.24. The lowest BCUT2D eigenvalue weighted by molar-refractivity contribution is -0.0258. The molecule has 6 heteroatoms. The molecule has 1 aromatic rings. The van der Waals surface area contributed by atoms with Gasteiger partial charge in [0, 0.05) is 5.56 Å². The Morgan fingerprint density at radius 2 is 2.14 bits per heavy atom. The third-order valence-electron chi connectivity index (χ3n) is 2.69. The van der Waals surface area contributed by atoms with E-state index in [2.05, 4.69) is 4.99 Å². The minimum Gasteiger partial charge on any atom is -0.445 e. The molecule has 1 aromatic carbocycles. The van der Waals surface area contributed by atoms with Crippen molar-refractivity contribution < 1.29 is 24.1 Å². The van der Waals surface area contributed by atoms with Gasteiger partial charge in [0.2, 0.25) is 12.2 Å². The average molecular weight is 293 g/mol. The monoisotopic (exact) mass is 293 g/mol. The van der Waals surface area contributed by atoms with Crippen molar-refractivity contribution in [3.05, 3.63) is 35.4 Å². The van der Waals surface area contributed by atoms with Crippen molar-refractivity contribution in [1.29, 1.82) is 0 Å². The van der Waals surface area contributed by atoms with Gasteiger partial charge in [-0.05, 0) is 26.3 Å². The van der Waals surface area contributed by atoms with E-state index in [9.17, 15) is 9.90 Å². The summed E-state index contributed by atoms with van der Waals surface area (Å²) in [6.07, 6.45) is -1.38. The van der Waals surface area contributed by atoms with E-state index in [4.69, 9.17) is 14.2 Å². The number of hydrogen-bond donors (Lipinski definition) is 1. The van der Waals surface area contributed by atoms with Crippen LogP contribution in [0, 0.1) is 0 Å². The molecule has 0 aliphatic carbocycles. The molecule has 0 aromatic heterocycles. The van der Waals surface area contributed by atoms with Crippen LogP contribution in [0.5, 0.6) is 0 Å². The molecule has 6 nitrogen and oxygen atoms in total. The minimum atomic E-state index is -0.711. The SMILES string of the molecule is CC(C)(C)OC(=O)N=C1COC(c2ccccc2CO)O1. The van der Waals surface area contributed by atoms with Gasteiger partial charge < -0.3 is 19.3 Å². The summed E-state index contributed by atoms with van der Waals surface area (Å²) in [6.45, 7) is 5.26. The second-order valence-electron chi connectivity index (χ2n) is 5.60. The maximum absolute atomic E-state index is 11.6. The van der Waals surface area contributed by atoms with Crippen LogP contribution in [-0.2, 0) is 20.8 Å². The predicted octanol–water partition coefficient (Wildman–Crippen LogP) is 2.56. The summed E-state index contributed by atoms with van der Waals surface area (Å²) in [7, 11) is 0. The van der Waals surface area contributed by atoms with Crippen molar-refractivity contribution in [2.75, 3.05) is 6.61 Å². The number of hydrogen-bond acceptors (Lipinski definition) is 5. The zero-order chi connectivity index (χ0) is 15.5. The van der Waals surface area contributed by atoms with Gasteiger partial charge in [0.05, 0.1) is 6.61 Å². The van der Waals surface area contributed by atoms with Crippen LogP contribution in [0.1, 0.15) is 38.2 Å². The van der Waals surface area contributed by atoms with Gasteiger partial charge in [-0.15, -0.1) is 4.99 Å². The lowest BCUT2D eigenvalue weighted by atomic mass is 10.1. The van der Waals surface area contributed by atoms with Crippen LogP contribution in [0.2, 0.25) is 0 Å². The van der Waals surface area contributed by atoms with E-state index >= 15 is 0 Å². The Labute approximate surface area is 123 Å². The molecular formula is C15H19NO5. The Morgan fingerprint density at radius 3 is 2.81 bits per heavy atom. The van der Waals surface area contributed by atoms with Crippen LogP contribution >= 0.6 is 0 Å². The molecule has 0 radical (unpaired) electrons. The molecule has 2 rings (SSSR count). The molecule has 1 unspecified atom stereocenters. The summed E-state index contributed by atoms with van der Waals surface area (Å²) in [5, 5.41) is 9.30. The van der Waals surface area contributed by atoms with E-state index in [1.807, 2.05) is 12.1 Å².